The normalized spacial score (nSPS) is 11.5. The molecule has 0 spiro atoms. The number of thioether (sulfide) groups is 1. The molecule has 0 saturated carbocycles. The van der Waals surface area contributed by atoms with Gasteiger partial charge >= 0.3 is 11.5 Å². The maximum absolute atomic E-state index is 14.6. The summed E-state index contributed by atoms with van der Waals surface area (Å²) in [6.07, 6.45) is 0. The van der Waals surface area contributed by atoms with Crippen molar-refractivity contribution in [1.29, 1.82) is 0 Å². The van der Waals surface area contributed by atoms with Gasteiger partial charge in [-0.1, -0.05) is 6.07 Å². The van der Waals surface area contributed by atoms with E-state index in [0.29, 0.717) is 0 Å². The lowest BCUT2D eigenvalue weighted by molar-refractivity contribution is -0.139. The minimum Gasteiger partial charge on any atom is -0.506 e. The van der Waals surface area contributed by atoms with Crippen LogP contribution in [0.25, 0.3) is 0 Å². The van der Waals surface area contributed by atoms with Gasteiger partial charge in [0.15, 0.2) is 5.75 Å². The molecule has 0 aliphatic rings. The number of esters is 1. The molecule has 0 saturated heterocycles. The number of hydrogen-bond donors (Lipinski definition) is 3. The molecule has 0 unspecified atom stereocenters. The summed E-state index contributed by atoms with van der Waals surface area (Å²) in [6, 6.07) is 12.1. The number of aromatic hydroxyl groups is 1. The van der Waals surface area contributed by atoms with Gasteiger partial charge in [0.2, 0.25) is 10.0 Å². The number of amides is 1. The van der Waals surface area contributed by atoms with E-state index < -0.39 is 44.7 Å². The molecule has 0 aliphatic heterocycles. The van der Waals surface area contributed by atoms with Crippen LogP contribution in [0.15, 0.2) is 65.6 Å². The summed E-state index contributed by atoms with van der Waals surface area (Å²) in [5.41, 5.74) is -4.70. The largest absolute Gasteiger partial charge is 0.506 e. The van der Waals surface area contributed by atoms with Gasteiger partial charge < -0.3 is 19.9 Å². The van der Waals surface area contributed by atoms with E-state index in [2.05, 4.69) is 10.1 Å². The first kappa shape index (κ1) is 30.6. The number of phenols is 1. The summed E-state index contributed by atoms with van der Waals surface area (Å²) >= 11 is -0.275. The van der Waals surface area contributed by atoms with Gasteiger partial charge in [-0.3, -0.25) is 14.3 Å². The van der Waals surface area contributed by atoms with Crippen molar-refractivity contribution >= 4 is 45.0 Å². The molecule has 0 atom stereocenters. The molecule has 214 valence electrons. The number of anilines is 2. The van der Waals surface area contributed by atoms with Crippen molar-refractivity contribution in [3.8, 4) is 11.5 Å². The fraction of sp³-hybridized carbons (Fsp3) is 0.200. The van der Waals surface area contributed by atoms with Crippen LogP contribution in [0.5, 0.6) is 11.5 Å². The second-order valence-corrected chi connectivity index (χ2v) is 10.8. The molecule has 40 heavy (non-hydrogen) atoms. The van der Waals surface area contributed by atoms with Crippen LogP contribution in [0.3, 0.4) is 0 Å². The van der Waals surface area contributed by atoms with E-state index in [9.17, 15) is 40.7 Å². The SMILES string of the molecule is CCOC(=O)CS(=O)(=O)Nc1cc(NC(=O)c2ccc(COc3ccc(SC(F)(F)F)cc3)c(F)c2)ccc1O. The van der Waals surface area contributed by atoms with Crippen LogP contribution in [-0.4, -0.2) is 43.3 Å². The zero-order chi connectivity index (χ0) is 29.5. The van der Waals surface area contributed by atoms with E-state index in [4.69, 9.17) is 4.74 Å². The third kappa shape index (κ3) is 9.34. The number of sulfonamides is 1. The molecule has 0 fully saturated rings. The first-order chi connectivity index (χ1) is 18.7. The second kappa shape index (κ2) is 12.9. The highest BCUT2D eigenvalue weighted by molar-refractivity contribution is 8.00. The fourth-order valence-corrected chi connectivity index (χ4v) is 4.67. The zero-order valence-corrected chi connectivity index (χ0v) is 22.3. The Balaban J connectivity index is 1.63. The molecule has 1 amide bonds. The van der Waals surface area contributed by atoms with Crippen LogP contribution < -0.4 is 14.8 Å². The lowest BCUT2D eigenvalue weighted by atomic mass is 10.1. The van der Waals surface area contributed by atoms with Crippen LogP contribution in [0.4, 0.5) is 28.9 Å². The van der Waals surface area contributed by atoms with Gasteiger partial charge in [-0.15, -0.1) is 0 Å². The van der Waals surface area contributed by atoms with Crippen LogP contribution in [0.1, 0.15) is 22.8 Å². The van der Waals surface area contributed by atoms with Gasteiger partial charge in [-0.05, 0) is 73.3 Å². The van der Waals surface area contributed by atoms with Crippen LogP contribution in [-0.2, 0) is 26.2 Å². The van der Waals surface area contributed by atoms with Crippen LogP contribution in [0, 0.1) is 5.82 Å². The number of ether oxygens (including phenoxy) is 2. The summed E-state index contributed by atoms with van der Waals surface area (Å²) in [5, 5.41) is 12.4. The second-order valence-electron chi connectivity index (χ2n) is 7.97. The van der Waals surface area contributed by atoms with Crippen molar-refractivity contribution in [2.75, 3.05) is 22.4 Å². The Bertz CT molecular complexity index is 1480. The highest BCUT2D eigenvalue weighted by Gasteiger charge is 2.29. The predicted octanol–water partition coefficient (Wildman–Crippen LogP) is 5.28. The number of halogens is 4. The molecule has 15 heteroatoms. The average Bonchev–Trinajstić information content (AvgIpc) is 2.85. The van der Waals surface area contributed by atoms with Gasteiger partial charge in [0.05, 0.1) is 12.3 Å². The summed E-state index contributed by atoms with van der Waals surface area (Å²) in [4.78, 5) is 24.1. The van der Waals surface area contributed by atoms with Crippen molar-refractivity contribution in [3.05, 3.63) is 77.6 Å². The summed E-state index contributed by atoms with van der Waals surface area (Å²) in [6.45, 7) is 1.24. The first-order valence-electron chi connectivity index (χ1n) is 11.3. The summed E-state index contributed by atoms with van der Waals surface area (Å²) in [7, 11) is -4.23. The minimum atomic E-state index is -4.42. The van der Waals surface area contributed by atoms with Gasteiger partial charge in [0.1, 0.15) is 23.9 Å². The van der Waals surface area contributed by atoms with Crippen molar-refractivity contribution in [1.82, 2.24) is 0 Å². The molecular weight excluding hydrogens is 580 g/mol. The van der Waals surface area contributed by atoms with Crippen molar-refractivity contribution in [2.24, 2.45) is 0 Å². The summed E-state index contributed by atoms with van der Waals surface area (Å²) < 4.78 is 88.3. The maximum Gasteiger partial charge on any atom is 0.446 e. The van der Waals surface area contributed by atoms with Gasteiger partial charge in [-0.25, -0.2) is 12.8 Å². The Kier molecular flexibility index (Phi) is 9.87. The molecule has 0 radical (unpaired) electrons. The molecule has 3 N–H and O–H groups in total. The van der Waals surface area contributed by atoms with Crippen LogP contribution >= 0.6 is 11.8 Å². The van der Waals surface area contributed by atoms with Crippen molar-refractivity contribution < 1.29 is 50.1 Å². The van der Waals surface area contributed by atoms with Gasteiger partial charge in [0.25, 0.3) is 5.91 Å². The number of phenolic OH excluding ortho intramolecular Hbond substituents is 1. The lowest BCUT2D eigenvalue weighted by Crippen LogP contribution is -2.24. The maximum atomic E-state index is 14.6. The van der Waals surface area contributed by atoms with Gasteiger partial charge in [-0.2, -0.15) is 13.2 Å². The van der Waals surface area contributed by atoms with E-state index >= 15 is 0 Å². The minimum absolute atomic E-state index is 0.0167. The van der Waals surface area contributed by atoms with E-state index in [1.54, 1.807) is 0 Å². The van der Waals surface area contributed by atoms with E-state index in [1.165, 1.54) is 49.4 Å². The zero-order valence-electron chi connectivity index (χ0n) is 20.6. The average molecular weight is 603 g/mol. The monoisotopic (exact) mass is 602 g/mol. The predicted molar refractivity (Wildman–Crippen MR) is 139 cm³/mol. The molecular formula is C25H22F4N2O7S2. The molecule has 3 aromatic carbocycles. The molecule has 0 aromatic heterocycles. The molecule has 0 aliphatic carbocycles. The van der Waals surface area contributed by atoms with E-state index in [-0.39, 0.29) is 58.1 Å². The Morgan fingerprint density at radius 2 is 1.73 bits per heavy atom. The Morgan fingerprint density at radius 1 is 1.02 bits per heavy atom. The highest BCUT2D eigenvalue weighted by Crippen LogP contribution is 2.37. The topological polar surface area (TPSA) is 131 Å². The Morgan fingerprint density at radius 3 is 2.35 bits per heavy atom. The number of rotatable bonds is 11. The number of alkyl halides is 3. The lowest BCUT2D eigenvalue weighted by Gasteiger charge is -2.12. The molecule has 0 heterocycles. The molecule has 9 nitrogen and oxygen atoms in total. The van der Waals surface area contributed by atoms with E-state index in [0.717, 1.165) is 18.2 Å². The fourth-order valence-electron chi connectivity index (χ4n) is 3.16. The molecule has 3 rings (SSSR count). The smallest absolute Gasteiger partial charge is 0.446 e. The molecule has 3 aromatic rings. The first-order valence-corrected chi connectivity index (χ1v) is 13.8. The third-order valence-electron chi connectivity index (χ3n) is 4.90. The van der Waals surface area contributed by atoms with Crippen LogP contribution in [0.2, 0.25) is 0 Å². The highest BCUT2D eigenvalue weighted by atomic mass is 32.2. The quantitative estimate of drug-likeness (QED) is 0.0889. The third-order valence-corrected chi connectivity index (χ3v) is 6.79. The number of benzene rings is 3. The standard InChI is InChI=1S/C25H22F4N2O7S2/c1-2-37-23(33)14-40(35,36)31-21-12-17(5-10-22(21)32)30-24(34)15-3-4-16(20(26)11-15)13-38-18-6-8-19(9-7-18)39-25(27,28)29/h3-12,31-32H,2,13-14H2,1H3,(H,30,34). The summed E-state index contributed by atoms with van der Waals surface area (Å²) in [5.74, 6) is -3.78. The number of carbonyl (C=O) groups excluding carboxylic acids is 2. The van der Waals surface area contributed by atoms with Crippen molar-refractivity contribution in [3.63, 3.8) is 0 Å². The Hall–Kier alpha value is -3.98. The van der Waals surface area contributed by atoms with Gasteiger partial charge in [0, 0.05) is 21.7 Å². The number of nitrogens with one attached hydrogen (secondary N) is 2. The number of carbonyl (C=O) groups is 2. The van der Waals surface area contributed by atoms with E-state index in [1.807, 2.05) is 4.72 Å². The van der Waals surface area contributed by atoms with Crippen molar-refractivity contribution in [2.45, 2.75) is 23.9 Å². The Labute approximate surface area is 230 Å². The molecule has 0 bridgehead atoms. The number of hydrogen-bond acceptors (Lipinski definition) is 8.